The molecule has 194 valence electrons. The van der Waals surface area contributed by atoms with E-state index in [0.717, 1.165) is 27.8 Å². The van der Waals surface area contributed by atoms with Crippen LogP contribution < -0.4 is 5.32 Å². The first kappa shape index (κ1) is 25.5. The van der Waals surface area contributed by atoms with Crippen LogP contribution in [0.25, 0.3) is 10.8 Å². The Morgan fingerprint density at radius 3 is 2.45 bits per heavy atom. The molecule has 2 aliphatic rings. The average molecular weight is 521 g/mol. The number of benzene rings is 3. The van der Waals surface area contributed by atoms with Crippen molar-refractivity contribution >= 4 is 28.6 Å². The summed E-state index contributed by atoms with van der Waals surface area (Å²) >= 11 is 0. The number of carboxylic acids is 1. The van der Waals surface area contributed by atoms with Gasteiger partial charge in [0, 0.05) is 25.4 Å². The second-order valence-corrected chi connectivity index (χ2v) is 9.67. The number of fused-ring (bicyclic) bond motifs is 2. The molecule has 6 nitrogen and oxygen atoms in total. The molecule has 4 atom stereocenters. The maximum absolute atomic E-state index is 13.6. The Hall–Kier alpha value is -4.16. The van der Waals surface area contributed by atoms with Crippen LogP contribution in [-0.4, -0.2) is 39.9 Å². The second kappa shape index (κ2) is 9.30. The van der Waals surface area contributed by atoms with E-state index >= 15 is 0 Å². The minimum absolute atomic E-state index is 0.0727. The van der Waals surface area contributed by atoms with Gasteiger partial charge in [0.25, 0.3) is 0 Å². The number of nitrogens with one attached hydrogen (secondary N) is 1. The lowest BCUT2D eigenvalue weighted by Crippen LogP contribution is -2.57. The van der Waals surface area contributed by atoms with Crippen LogP contribution in [0.3, 0.4) is 0 Å². The van der Waals surface area contributed by atoms with Gasteiger partial charge in [-0.25, -0.2) is 0 Å². The fraction of sp³-hybridized carbons (Fsp3) is 0.276. The standard InChI is InChI=1S/C29H23F3N2O4/c1-2-3-13-34-25(35)22-23(26(34)36)28(27(37)38,16-17-11-12-18-7-4-5-8-19(18)14-17)33-24(22)20-9-6-10-21(15-20)29(30,31)32/h1,4-12,14-15,22-24,33H,3,13,16H2,(H,37,38). The number of hydrogen-bond acceptors (Lipinski definition) is 4. The number of nitrogens with zero attached hydrogens (tertiary/aromatic N) is 1. The SMILES string of the molecule is C#CCCN1C(=O)C2C(c3cccc(C(F)(F)F)c3)NC(Cc3ccc4ccccc4c3)(C(=O)O)C2C1=O. The number of alkyl halides is 3. The molecule has 5 rings (SSSR count). The highest BCUT2D eigenvalue weighted by atomic mass is 19.4. The fourth-order valence-electron chi connectivity index (χ4n) is 5.76. The van der Waals surface area contributed by atoms with Crippen molar-refractivity contribution in [2.24, 2.45) is 11.8 Å². The highest BCUT2D eigenvalue weighted by Gasteiger charge is 2.68. The predicted molar refractivity (Wildman–Crippen MR) is 132 cm³/mol. The van der Waals surface area contributed by atoms with Gasteiger partial charge in [-0.05, 0) is 34.0 Å². The molecule has 0 saturated carbocycles. The molecular formula is C29H23F3N2O4. The Kier molecular flexibility index (Phi) is 6.24. The van der Waals surface area contributed by atoms with Crippen LogP contribution in [-0.2, 0) is 27.0 Å². The fourth-order valence-corrected chi connectivity index (χ4v) is 5.76. The van der Waals surface area contributed by atoms with Gasteiger partial charge in [-0.2, -0.15) is 13.2 Å². The third-order valence-electron chi connectivity index (χ3n) is 7.48. The summed E-state index contributed by atoms with van der Waals surface area (Å²) in [5, 5.41) is 15.3. The molecule has 4 unspecified atom stereocenters. The van der Waals surface area contributed by atoms with Crippen molar-refractivity contribution in [3.8, 4) is 12.3 Å². The van der Waals surface area contributed by atoms with E-state index in [1.807, 2.05) is 36.4 Å². The second-order valence-electron chi connectivity index (χ2n) is 9.67. The Morgan fingerprint density at radius 1 is 1.03 bits per heavy atom. The van der Waals surface area contributed by atoms with Crippen LogP contribution >= 0.6 is 0 Å². The molecule has 2 heterocycles. The van der Waals surface area contributed by atoms with Gasteiger partial charge >= 0.3 is 12.1 Å². The predicted octanol–water partition coefficient (Wildman–Crippen LogP) is 4.19. The van der Waals surface area contributed by atoms with Gasteiger partial charge in [-0.3, -0.25) is 24.6 Å². The first-order valence-corrected chi connectivity index (χ1v) is 12.0. The number of rotatable bonds is 6. The lowest BCUT2D eigenvalue weighted by Gasteiger charge is -2.31. The quantitative estimate of drug-likeness (QED) is 0.376. The van der Waals surface area contributed by atoms with E-state index in [4.69, 9.17) is 6.42 Å². The Morgan fingerprint density at radius 2 is 1.76 bits per heavy atom. The molecule has 0 spiro atoms. The molecule has 9 heteroatoms. The van der Waals surface area contributed by atoms with Crippen LogP contribution in [0.4, 0.5) is 13.2 Å². The maximum atomic E-state index is 13.6. The van der Waals surface area contributed by atoms with Gasteiger partial charge in [-0.1, -0.05) is 54.6 Å². The molecule has 3 aromatic rings. The van der Waals surface area contributed by atoms with Crippen molar-refractivity contribution in [2.45, 2.75) is 30.6 Å². The lowest BCUT2D eigenvalue weighted by molar-refractivity contribution is -0.151. The Bertz CT molecular complexity index is 1490. The first-order valence-electron chi connectivity index (χ1n) is 12.0. The summed E-state index contributed by atoms with van der Waals surface area (Å²) in [5.41, 5.74) is -2.19. The van der Waals surface area contributed by atoms with Crippen molar-refractivity contribution in [1.29, 1.82) is 0 Å². The molecule has 0 aromatic heterocycles. The first-order chi connectivity index (χ1) is 18.1. The van der Waals surface area contributed by atoms with E-state index in [1.165, 1.54) is 12.1 Å². The van der Waals surface area contributed by atoms with Crippen LogP contribution in [0.15, 0.2) is 66.7 Å². The molecule has 0 radical (unpaired) electrons. The molecule has 2 fully saturated rings. The number of amides is 2. The number of imide groups is 1. The van der Waals surface area contributed by atoms with E-state index in [1.54, 1.807) is 6.07 Å². The third-order valence-corrected chi connectivity index (χ3v) is 7.48. The zero-order valence-electron chi connectivity index (χ0n) is 20.0. The number of likely N-dealkylation sites (tertiary alicyclic amines) is 1. The topological polar surface area (TPSA) is 86.7 Å². The number of carbonyl (C=O) groups is 3. The van der Waals surface area contributed by atoms with Gasteiger partial charge in [0.1, 0.15) is 5.54 Å². The number of aliphatic carboxylic acids is 1. The van der Waals surface area contributed by atoms with Gasteiger partial charge < -0.3 is 5.11 Å². The van der Waals surface area contributed by atoms with Crippen LogP contribution in [0, 0.1) is 24.2 Å². The number of hydrogen-bond donors (Lipinski definition) is 2. The minimum atomic E-state index is -4.64. The molecule has 3 aromatic carbocycles. The Labute approximate surface area is 216 Å². The summed E-state index contributed by atoms with van der Waals surface area (Å²) in [6.45, 7) is -0.0951. The lowest BCUT2D eigenvalue weighted by atomic mass is 9.76. The largest absolute Gasteiger partial charge is 0.480 e. The zero-order chi connectivity index (χ0) is 27.2. The summed E-state index contributed by atoms with van der Waals surface area (Å²) < 4.78 is 40.5. The summed E-state index contributed by atoms with van der Waals surface area (Å²) in [7, 11) is 0. The van der Waals surface area contributed by atoms with E-state index < -0.39 is 52.9 Å². The van der Waals surface area contributed by atoms with Gasteiger partial charge in [0.2, 0.25) is 11.8 Å². The molecule has 0 bridgehead atoms. The molecule has 2 aliphatic heterocycles. The molecule has 0 aliphatic carbocycles. The smallest absolute Gasteiger partial charge is 0.416 e. The molecule has 2 amide bonds. The molecular weight excluding hydrogens is 497 g/mol. The summed E-state index contributed by atoms with van der Waals surface area (Å²) in [5.74, 6) is -2.89. The van der Waals surface area contributed by atoms with Crippen LogP contribution in [0.2, 0.25) is 0 Å². The van der Waals surface area contributed by atoms with Crippen molar-refractivity contribution in [3.05, 3.63) is 83.4 Å². The van der Waals surface area contributed by atoms with E-state index in [2.05, 4.69) is 11.2 Å². The molecule has 2 N–H and O–H groups in total. The maximum Gasteiger partial charge on any atom is 0.416 e. The van der Waals surface area contributed by atoms with Crippen LogP contribution in [0.5, 0.6) is 0 Å². The average Bonchev–Trinajstić information content (AvgIpc) is 3.36. The summed E-state index contributed by atoms with van der Waals surface area (Å²) in [6.07, 6.45) is 0.596. The summed E-state index contributed by atoms with van der Waals surface area (Å²) in [4.78, 5) is 41.0. The van der Waals surface area contributed by atoms with E-state index in [9.17, 15) is 32.7 Å². The van der Waals surface area contributed by atoms with Crippen molar-refractivity contribution in [3.63, 3.8) is 0 Å². The van der Waals surface area contributed by atoms with Gasteiger partial charge in [-0.15, -0.1) is 12.3 Å². The molecule has 2 saturated heterocycles. The van der Waals surface area contributed by atoms with Crippen molar-refractivity contribution < 1.29 is 32.7 Å². The number of terminal acetylenes is 1. The Balaban J connectivity index is 1.63. The van der Waals surface area contributed by atoms with Crippen molar-refractivity contribution in [2.75, 3.05) is 6.54 Å². The zero-order valence-corrected chi connectivity index (χ0v) is 20.0. The molecule has 38 heavy (non-hydrogen) atoms. The minimum Gasteiger partial charge on any atom is -0.480 e. The monoisotopic (exact) mass is 520 g/mol. The van der Waals surface area contributed by atoms with E-state index in [0.29, 0.717) is 5.56 Å². The normalized spacial score (nSPS) is 25.0. The van der Waals surface area contributed by atoms with Crippen LogP contribution in [0.1, 0.15) is 29.2 Å². The van der Waals surface area contributed by atoms with Gasteiger partial charge in [0.05, 0.1) is 17.4 Å². The van der Waals surface area contributed by atoms with Gasteiger partial charge in [0.15, 0.2) is 0 Å². The summed E-state index contributed by atoms with van der Waals surface area (Å²) in [6, 6.07) is 16.1. The number of carbonyl (C=O) groups excluding carboxylic acids is 2. The van der Waals surface area contributed by atoms with Crippen molar-refractivity contribution in [1.82, 2.24) is 10.2 Å². The van der Waals surface area contributed by atoms with E-state index in [-0.39, 0.29) is 24.9 Å². The number of halogens is 3. The highest BCUT2D eigenvalue weighted by Crippen LogP contribution is 2.50. The number of carboxylic acid groups (broad SMARTS) is 1. The third kappa shape index (κ3) is 4.11. The highest BCUT2D eigenvalue weighted by molar-refractivity contribution is 6.09.